The number of amides is 1. The molecule has 0 bridgehead atoms. The van der Waals surface area contributed by atoms with Crippen molar-refractivity contribution < 1.29 is 4.79 Å². The predicted molar refractivity (Wildman–Crippen MR) is 75.4 cm³/mol. The number of nitrogens with one attached hydrogen (secondary N) is 1. The van der Waals surface area contributed by atoms with E-state index in [1.807, 2.05) is 32.0 Å². The molecule has 2 rings (SSSR count). The number of rotatable bonds is 4. The highest BCUT2D eigenvalue weighted by Crippen LogP contribution is 2.23. The number of fused-ring (bicyclic) bond motifs is 1. The maximum atomic E-state index is 11.7. The van der Waals surface area contributed by atoms with Crippen LogP contribution in [0.1, 0.15) is 38.3 Å². The molecule has 2 aromatic carbocycles. The van der Waals surface area contributed by atoms with Gasteiger partial charge in [-0.15, -0.1) is 0 Å². The zero-order valence-corrected chi connectivity index (χ0v) is 10.9. The average Bonchev–Trinajstić information content (AvgIpc) is 2.38. The second-order valence-corrected chi connectivity index (χ2v) is 4.61. The molecule has 0 fully saturated rings. The van der Waals surface area contributed by atoms with Crippen molar-refractivity contribution in [3.05, 3.63) is 48.0 Å². The molecule has 0 aliphatic rings. The molecule has 0 radical (unpaired) electrons. The maximum absolute atomic E-state index is 11.7. The van der Waals surface area contributed by atoms with Gasteiger partial charge in [-0.3, -0.25) is 4.79 Å². The van der Waals surface area contributed by atoms with E-state index < -0.39 is 0 Å². The molecule has 1 unspecified atom stereocenters. The van der Waals surface area contributed by atoms with E-state index in [0.717, 1.165) is 6.42 Å². The largest absolute Gasteiger partial charge is 0.350 e. The molecule has 18 heavy (non-hydrogen) atoms. The summed E-state index contributed by atoms with van der Waals surface area (Å²) in [4.78, 5) is 11.7. The van der Waals surface area contributed by atoms with E-state index in [0.29, 0.717) is 6.42 Å². The molecule has 0 aliphatic heterocycles. The molecule has 0 spiro atoms. The summed E-state index contributed by atoms with van der Waals surface area (Å²) in [5.74, 6) is 0.123. The van der Waals surface area contributed by atoms with Crippen LogP contribution in [0.2, 0.25) is 0 Å². The molecule has 2 aromatic rings. The summed E-state index contributed by atoms with van der Waals surface area (Å²) >= 11 is 0. The van der Waals surface area contributed by atoms with Crippen molar-refractivity contribution in [2.75, 3.05) is 0 Å². The molecule has 2 nitrogen and oxygen atoms in total. The molecule has 1 amide bonds. The fourth-order valence-corrected chi connectivity index (χ4v) is 2.25. The fourth-order valence-electron chi connectivity index (χ4n) is 2.25. The van der Waals surface area contributed by atoms with Crippen LogP contribution in [0.5, 0.6) is 0 Å². The first-order valence-electron chi connectivity index (χ1n) is 6.49. The summed E-state index contributed by atoms with van der Waals surface area (Å²) in [5, 5.41) is 5.48. The molecule has 0 saturated carbocycles. The number of hydrogen-bond donors (Lipinski definition) is 1. The van der Waals surface area contributed by atoms with Gasteiger partial charge in [0.1, 0.15) is 0 Å². The summed E-state index contributed by atoms with van der Waals surface area (Å²) in [6.45, 7) is 4.05. The fraction of sp³-hybridized carbons (Fsp3) is 0.312. The lowest BCUT2D eigenvalue weighted by Crippen LogP contribution is -2.26. The highest BCUT2D eigenvalue weighted by Gasteiger charge is 2.11. The van der Waals surface area contributed by atoms with Gasteiger partial charge in [0.2, 0.25) is 5.91 Å². The van der Waals surface area contributed by atoms with Crippen LogP contribution in [-0.2, 0) is 4.79 Å². The number of hydrogen-bond acceptors (Lipinski definition) is 1. The van der Waals surface area contributed by atoms with Crippen LogP contribution in [0.15, 0.2) is 42.5 Å². The van der Waals surface area contributed by atoms with E-state index in [1.54, 1.807) is 0 Å². The van der Waals surface area contributed by atoms with E-state index in [-0.39, 0.29) is 11.9 Å². The standard InChI is InChI=1S/C16H19NO/c1-3-7-16(18)17-12(2)14-11-6-9-13-8-4-5-10-15(13)14/h4-6,8-12H,3,7H2,1-2H3,(H,17,18). The van der Waals surface area contributed by atoms with E-state index in [2.05, 4.69) is 29.6 Å². The SMILES string of the molecule is CCCC(=O)NC(C)c1cccc2ccccc12. The van der Waals surface area contributed by atoms with E-state index >= 15 is 0 Å². The van der Waals surface area contributed by atoms with Gasteiger partial charge in [0, 0.05) is 6.42 Å². The Hall–Kier alpha value is -1.83. The first kappa shape index (κ1) is 12.6. The van der Waals surface area contributed by atoms with Crippen molar-refractivity contribution in [2.45, 2.75) is 32.7 Å². The van der Waals surface area contributed by atoms with E-state index in [1.165, 1.54) is 16.3 Å². The minimum atomic E-state index is 0.0511. The minimum absolute atomic E-state index is 0.0511. The van der Waals surface area contributed by atoms with Crippen molar-refractivity contribution in [1.29, 1.82) is 0 Å². The van der Waals surface area contributed by atoms with Gasteiger partial charge in [-0.1, -0.05) is 49.4 Å². The van der Waals surface area contributed by atoms with Crippen molar-refractivity contribution in [3.8, 4) is 0 Å². The first-order valence-corrected chi connectivity index (χ1v) is 6.49. The molecule has 0 heterocycles. The molecule has 2 heteroatoms. The molecule has 1 N–H and O–H groups in total. The molecule has 0 aromatic heterocycles. The first-order chi connectivity index (χ1) is 8.72. The molecule has 94 valence electrons. The second-order valence-electron chi connectivity index (χ2n) is 4.61. The summed E-state index contributed by atoms with van der Waals surface area (Å²) < 4.78 is 0. The smallest absolute Gasteiger partial charge is 0.220 e. The minimum Gasteiger partial charge on any atom is -0.350 e. The molecular weight excluding hydrogens is 222 g/mol. The zero-order chi connectivity index (χ0) is 13.0. The van der Waals surface area contributed by atoms with E-state index in [4.69, 9.17) is 0 Å². The third-order valence-corrected chi connectivity index (χ3v) is 3.14. The molecule has 1 atom stereocenters. The summed E-state index contributed by atoms with van der Waals surface area (Å²) in [7, 11) is 0. The number of carbonyl (C=O) groups is 1. The second kappa shape index (κ2) is 5.67. The van der Waals surface area contributed by atoms with Crippen LogP contribution in [0.25, 0.3) is 10.8 Å². The summed E-state index contributed by atoms with van der Waals surface area (Å²) in [5.41, 5.74) is 1.18. The highest BCUT2D eigenvalue weighted by atomic mass is 16.1. The Morgan fingerprint density at radius 2 is 1.89 bits per heavy atom. The van der Waals surface area contributed by atoms with Gasteiger partial charge in [0.05, 0.1) is 6.04 Å². The Kier molecular flexibility index (Phi) is 3.98. The van der Waals surface area contributed by atoms with Gasteiger partial charge in [-0.05, 0) is 29.7 Å². The van der Waals surface area contributed by atoms with Gasteiger partial charge in [-0.2, -0.15) is 0 Å². The zero-order valence-electron chi connectivity index (χ0n) is 10.9. The quantitative estimate of drug-likeness (QED) is 0.866. The number of benzene rings is 2. The monoisotopic (exact) mass is 241 g/mol. The van der Waals surface area contributed by atoms with Gasteiger partial charge in [-0.25, -0.2) is 0 Å². The van der Waals surface area contributed by atoms with Crippen molar-refractivity contribution in [2.24, 2.45) is 0 Å². The third-order valence-electron chi connectivity index (χ3n) is 3.14. The Bertz CT molecular complexity index is 542. The topological polar surface area (TPSA) is 29.1 Å². The van der Waals surface area contributed by atoms with Crippen LogP contribution < -0.4 is 5.32 Å². The van der Waals surface area contributed by atoms with Gasteiger partial charge < -0.3 is 5.32 Å². The van der Waals surface area contributed by atoms with Crippen LogP contribution in [-0.4, -0.2) is 5.91 Å². The van der Waals surface area contributed by atoms with Crippen LogP contribution >= 0.6 is 0 Å². The molecular formula is C16H19NO. The Labute approximate surface area is 108 Å². The average molecular weight is 241 g/mol. The van der Waals surface area contributed by atoms with Crippen LogP contribution in [0, 0.1) is 0 Å². The van der Waals surface area contributed by atoms with Gasteiger partial charge >= 0.3 is 0 Å². The molecule has 0 saturated heterocycles. The lowest BCUT2D eigenvalue weighted by Gasteiger charge is -2.16. The molecule has 0 aliphatic carbocycles. The summed E-state index contributed by atoms with van der Waals surface area (Å²) in [6, 6.07) is 14.5. The Morgan fingerprint density at radius 3 is 2.67 bits per heavy atom. The number of carbonyl (C=O) groups excluding carboxylic acids is 1. The lowest BCUT2D eigenvalue weighted by atomic mass is 9.99. The predicted octanol–water partition coefficient (Wildman–Crippen LogP) is 3.82. The summed E-state index contributed by atoms with van der Waals surface area (Å²) in [6.07, 6.45) is 1.48. The van der Waals surface area contributed by atoms with E-state index in [9.17, 15) is 4.79 Å². The third kappa shape index (κ3) is 2.70. The van der Waals surface area contributed by atoms with Crippen LogP contribution in [0.3, 0.4) is 0 Å². The van der Waals surface area contributed by atoms with Gasteiger partial charge in [0.15, 0.2) is 0 Å². The Morgan fingerprint density at radius 1 is 1.17 bits per heavy atom. The van der Waals surface area contributed by atoms with Crippen LogP contribution in [0.4, 0.5) is 0 Å². The highest BCUT2D eigenvalue weighted by molar-refractivity contribution is 5.86. The Balaban J connectivity index is 2.27. The maximum Gasteiger partial charge on any atom is 0.220 e. The lowest BCUT2D eigenvalue weighted by molar-refractivity contribution is -0.121. The van der Waals surface area contributed by atoms with Gasteiger partial charge in [0.25, 0.3) is 0 Å². The van der Waals surface area contributed by atoms with Crippen molar-refractivity contribution in [3.63, 3.8) is 0 Å². The van der Waals surface area contributed by atoms with Crippen molar-refractivity contribution >= 4 is 16.7 Å². The van der Waals surface area contributed by atoms with Crippen molar-refractivity contribution in [1.82, 2.24) is 5.32 Å². The normalized spacial score (nSPS) is 12.3.